The second-order valence-electron chi connectivity index (χ2n) is 3.93. The molecule has 2 aromatic rings. The van der Waals surface area contributed by atoms with Gasteiger partial charge < -0.3 is 5.73 Å². The number of rotatable bonds is 2. The Hall–Kier alpha value is -1.08. The number of aryl methyl sites for hydroxylation is 1. The second-order valence-corrected chi connectivity index (χ2v) is 5.41. The zero-order chi connectivity index (χ0) is 13.3. The average molecular weight is 376 g/mol. The molecule has 2 N–H and O–H groups in total. The van der Waals surface area contributed by atoms with Gasteiger partial charge in [-0.2, -0.15) is 0 Å². The third-order valence-electron chi connectivity index (χ3n) is 2.57. The molecule has 0 aliphatic rings. The number of aromatic nitrogens is 2. The molecule has 0 saturated carbocycles. The molecule has 1 heterocycles. The first kappa shape index (κ1) is 13.4. The largest absolute Gasteiger partial charge is 0.399 e. The number of nitrogens with zero attached hydrogens (tertiary/aromatic N) is 2. The lowest BCUT2D eigenvalue weighted by atomic mass is 10.2. The smallest absolute Gasteiger partial charge is 0.267 e. The van der Waals surface area contributed by atoms with Gasteiger partial charge in [0.2, 0.25) is 0 Å². The molecule has 0 radical (unpaired) electrons. The van der Waals surface area contributed by atoms with Crippen LogP contribution in [0.3, 0.4) is 0 Å². The minimum absolute atomic E-state index is 0.0680. The number of hydrogen-bond donors (Lipinski definition) is 1. The molecule has 0 spiro atoms. The van der Waals surface area contributed by atoms with E-state index in [0.29, 0.717) is 20.8 Å². The first-order chi connectivity index (χ1) is 8.49. The van der Waals surface area contributed by atoms with E-state index in [0.717, 1.165) is 11.3 Å². The molecule has 1 aromatic carbocycles. The Morgan fingerprint density at radius 3 is 2.94 bits per heavy atom. The Bertz CT molecular complexity index is 654. The van der Waals surface area contributed by atoms with E-state index in [4.69, 9.17) is 17.3 Å². The Labute approximate surface area is 123 Å². The van der Waals surface area contributed by atoms with Crippen LogP contribution in [0.1, 0.15) is 11.3 Å². The Balaban J connectivity index is 2.44. The SMILES string of the molecule is Cc1ncn(Cc2cc(N)ccc2Cl)c(=O)c1I. The van der Waals surface area contributed by atoms with Gasteiger partial charge in [-0.05, 0) is 53.3 Å². The molecule has 94 valence electrons. The Morgan fingerprint density at radius 1 is 1.50 bits per heavy atom. The second kappa shape index (κ2) is 5.27. The monoisotopic (exact) mass is 375 g/mol. The average Bonchev–Trinajstić information content (AvgIpc) is 2.34. The summed E-state index contributed by atoms with van der Waals surface area (Å²) in [6, 6.07) is 5.22. The lowest BCUT2D eigenvalue weighted by Gasteiger charge is -2.09. The van der Waals surface area contributed by atoms with Crippen molar-refractivity contribution < 1.29 is 0 Å². The van der Waals surface area contributed by atoms with Gasteiger partial charge in [0, 0.05) is 10.7 Å². The van der Waals surface area contributed by atoms with Crippen molar-refractivity contribution in [3.8, 4) is 0 Å². The van der Waals surface area contributed by atoms with Gasteiger partial charge in [-0.15, -0.1) is 0 Å². The fourth-order valence-electron chi connectivity index (χ4n) is 1.56. The maximum Gasteiger partial charge on any atom is 0.267 e. The van der Waals surface area contributed by atoms with Crippen molar-refractivity contribution in [3.05, 3.63) is 54.7 Å². The fourth-order valence-corrected chi connectivity index (χ4v) is 2.18. The summed E-state index contributed by atoms with van der Waals surface area (Å²) >= 11 is 8.08. The summed E-state index contributed by atoms with van der Waals surface area (Å²) in [4.78, 5) is 16.2. The number of nitrogens with two attached hydrogens (primary N) is 1. The fraction of sp³-hybridized carbons (Fsp3) is 0.167. The van der Waals surface area contributed by atoms with Crippen molar-refractivity contribution in [2.24, 2.45) is 0 Å². The van der Waals surface area contributed by atoms with Crippen molar-refractivity contribution in [1.29, 1.82) is 0 Å². The highest BCUT2D eigenvalue weighted by Gasteiger charge is 2.08. The highest BCUT2D eigenvalue weighted by molar-refractivity contribution is 14.1. The van der Waals surface area contributed by atoms with E-state index in [1.165, 1.54) is 10.9 Å². The van der Waals surface area contributed by atoms with E-state index >= 15 is 0 Å². The predicted octanol–water partition coefficient (Wildman–Crippen LogP) is 2.44. The summed E-state index contributed by atoms with van der Waals surface area (Å²) in [7, 11) is 0. The number of halogens is 2. The number of hydrogen-bond acceptors (Lipinski definition) is 3. The van der Waals surface area contributed by atoms with Crippen molar-refractivity contribution >= 4 is 39.9 Å². The van der Waals surface area contributed by atoms with Gasteiger partial charge in [0.05, 0.1) is 22.1 Å². The topological polar surface area (TPSA) is 60.9 Å². The zero-order valence-electron chi connectivity index (χ0n) is 9.65. The van der Waals surface area contributed by atoms with Crippen molar-refractivity contribution in [1.82, 2.24) is 9.55 Å². The summed E-state index contributed by atoms with van der Waals surface area (Å²) in [5.74, 6) is 0. The molecule has 0 aliphatic carbocycles. The first-order valence-corrected chi connectivity index (χ1v) is 6.70. The van der Waals surface area contributed by atoms with Crippen LogP contribution in [-0.2, 0) is 6.54 Å². The summed E-state index contributed by atoms with van der Waals surface area (Å²) in [6.45, 7) is 2.17. The molecule has 0 bridgehead atoms. The van der Waals surface area contributed by atoms with Gasteiger partial charge in [0.1, 0.15) is 0 Å². The van der Waals surface area contributed by atoms with Gasteiger partial charge >= 0.3 is 0 Å². The highest BCUT2D eigenvalue weighted by Crippen LogP contribution is 2.19. The molecule has 0 aliphatic heterocycles. The molecule has 0 amide bonds. The lowest BCUT2D eigenvalue weighted by molar-refractivity contribution is 0.724. The van der Waals surface area contributed by atoms with E-state index < -0.39 is 0 Å². The van der Waals surface area contributed by atoms with E-state index in [1.807, 2.05) is 22.6 Å². The Kier molecular flexibility index (Phi) is 3.91. The normalized spacial score (nSPS) is 10.6. The molecule has 4 nitrogen and oxygen atoms in total. The summed E-state index contributed by atoms with van der Waals surface area (Å²) in [6.07, 6.45) is 1.53. The van der Waals surface area contributed by atoms with Crippen LogP contribution in [0.25, 0.3) is 0 Å². The summed E-state index contributed by atoms with van der Waals surface area (Å²) in [5, 5.41) is 0.590. The van der Waals surface area contributed by atoms with Crippen molar-refractivity contribution in [3.63, 3.8) is 0 Å². The molecule has 2 rings (SSSR count). The van der Waals surface area contributed by atoms with Crippen LogP contribution in [0.5, 0.6) is 0 Å². The van der Waals surface area contributed by atoms with Gasteiger partial charge in [-0.3, -0.25) is 9.36 Å². The van der Waals surface area contributed by atoms with Crippen LogP contribution in [0.15, 0.2) is 29.3 Å². The quantitative estimate of drug-likeness (QED) is 0.648. The van der Waals surface area contributed by atoms with E-state index in [2.05, 4.69) is 4.98 Å². The predicted molar refractivity (Wildman–Crippen MR) is 80.9 cm³/mol. The lowest BCUT2D eigenvalue weighted by Crippen LogP contribution is -2.24. The summed E-state index contributed by atoms with van der Waals surface area (Å²) in [5.41, 5.74) is 7.80. The molecular formula is C12H11ClIN3O. The first-order valence-electron chi connectivity index (χ1n) is 5.24. The van der Waals surface area contributed by atoms with E-state index in [9.17, 15) is 4.79 Å². The van der Waals surface area contributed by atoms with E-state index in [1.54, 1.807) is 25.1 Å². The van der Waals surface area contributed by atoms with Crippen LogP contribution in [0, 0.1) is 10.5 Å². The summed E-state index contributed by atoms with van der Waals surface area (Å²) < 4.78 is 2.14. The van der Waals surface area contributed by atoms with Crippen LogP contribution in [0.4, 0.5) is 5.69 Å². The van der Waals surface area contributed by atoms with Crippen LogP contribution >= 0.6 is 34.2 Å². The molecular weight excluding hydrogens is 365 g/mol. The standard InChI is InChI=1S/C12H11ClIN3O/c1-7-11(14)12(18)17(6-16-7)5-8-4-9(15)2-3-10(8)13/h2-4,6H,5,15H2,1H3. The number of benzene rings is 1. The Morgan fingerprint density at radius 2 is 2.22 bits per heavy atom. The highest BCUT2D eigenvalue weighted by atomic mass is 127. The molecule has 0 saturated heterocycles. The molecule has 18 heavy (non-hydrogen) atoms. The van der Waals surface area contributed by atoms with Gasteiger partial charge in [0.25, 0.3) is 5.56 Å². The van der Waals surface area contributed by atoms with Crippen LogP contribution < -0.4 is 11.3 Å². The van der Waals surface area contributed by atoms with Gasteiger partial charge in [-0.25, -0.2) is 4.98 Å². The number of anilines is 1. The van der Waals surface area contributed by atoms with Crippen LogP contribution in [-0.4, -0.2) is 9.55 Å². The molecule has 0 fully saturated rings. The number of nitrogen functional groups attached to an aromatic ring is 1. The molecule has 0 unspecified atom stereocenters. The van der Waals surface area contributed by atoms with Crippen molar-refractivity contribution in [2.45, 2.75) is 13.5 Å². The van der Waals surface area contributed by atoms with E-state index in [-0.39, 0.29) is 5.56 Å². The molecule has 0 atom stereocenters. The minimum atomic E-state index is -0.0680. The third-order valence-corrected chi connectivity index (χ3v) is 4.18. The zero-order valence-corrected chi connectivity index (χ0v) is 12.6. The molecule has 6 heteroatoms. The third kappa shape index (κ3) is 2.67. The maximum atomic E-state index is 12.0. The maximum absolute atomic E-state index is 12.0. The van der Waals surface area contributed by atoms with Gasteiger partial charge in [0.15, 0.2) is 0 Å². The molecule has 1 aromatic heterocycles. The van der Waals surface area contributed by atoms with Crippen LogP contribution in [0.2, 0.25) is 5.02 Å². The minimum Gasteiger partial charge on any atom is -0.399 e. The van der Waals surface area contributed by atoms with Crippen molar-refractivity contribution in [2.75, 3.05) is 5.73 Å². The van der Waals surface area contributed by atoms with Gasteiger partial charge in [-0.1, -0.05) is 11.6 Å².